The summed E-state index contributed by atoms with van der Waals surface area (Å²) in [7, 11) is -3.34. The molecule has 4 aromatic rings. The van der Waals surface area contributed by atoms with Crippen LogP contribution in [0.4, 0.5) is 4.39 Å². The van der Waals surface area contributed by atoms with Crippen LogP contribution in [0.3, 0.4) is 0 Å². The summed E-state index contributed by atoms with van der Waals surface area (Å²) < 4.78 is 38.0. The van der Waals surface area contributed by atoms with Gasteiger partial charge < -0.3 is 5.32 Å². The van der Waals surface area contributed by atoms with Gasteiger partial charge in [-0.25, -0.2) is 17.8 Å². The SMILES string of the molecule is CS(=O)(=O)c1ccc(-c2nc(C(=O)NCc3cccc(Br)c3)sc2-c2ccc(F)cc2)cc1. The fourth-order valence-electron chi connectivity index (χ4n) is 3.17. The molecule has 0 unspecified atom stereocenters. The number of sulfone groups is 1. The van der Waals surface area contributed by atoms with Gasteiger partial charge in [-0.15, -0.1) is 11.3 Å². The highest BCUT2D eigenvalue weighted by Gasteiger charge is 2.20. The van der Waals surface area contributed by atoms with Crippen LogP contribution in [0.15, 0.2) is 82.2 Å². The first-order valence-electron chi connectivity index (χ1n) is 9.80. The van der Waals surface area contributed by atoms with Gasteiger partial charge in [0.1, 0.15) is 5.82 Å². The molecule has 4 rings (SSSR count). The molecule has 5 nitrogen and oxygen atoms in total. The van der Waals surface area contributed by atoms with Gasteiger partial charge in [0.15, 0.2) is 14.8 Å². The molecular formula is C24H18BrFN2O3S2. The first kappa shape index (κ1) is 23.3. The van der Waals surface area contributed by atoms with E-state index in [9.17, 15) is 17.6 Å². The number of aromatic nitrogens is 1. The molecule has 1 aromatic heterocycles. The van der Waals surface area contributed by atoms with Crippen molar-refractivity contribution in [3.63, 3.8) is 0 Å². The Balaban J connectivity index is 1.69. The Hall–Kier alpha value is -2.88. The van der Waals surface area contributed by atoms with E-state index in [1.165, 1.54) is 35.6 Å². The normalized spacial score (nSPS) is 11.4. The third kappa shape index (κ3) is 5.55. The molecule has 9 heteroatoms. The van der Waals surface area contributed by atoms with Crippen molar-refractivity contribution in [1.82, 2.24) is 10.3 Å². The summed E-state index contributed by atoms with van der Waals surface area (Å²) in [4.78, 5) is 18.3. The van der Waals surface area contributed by atoms with Crippen molar-refractivity contribution in [2.24, 2.45) is 0 Å². The van der Waals surface area contributed by atoms with Crippen LogP contribution in [0.25, 0.3) is 21.7 Å². The molecule has 0 atom stereocenters. The number of carbonyl (C=O) groups excluding carboxylic acids is 1. The Bertz CT molecular complexity index is 1420. The quantitative estimate of drug-likeness (QED) is 0.337. The van der Waals surface area contributed by atoms with Crippen LogP contribution in [0.5, 0.6) is 0 Å². The zero-order chi connectivity index (χ0) is 23.6. The Labute approximate surface area is 203 Å². The average Bonchev–Trinajstić information content (AvgIpc) is 3.23. The maximum Gasteiger partial charge on any atom is 0.280 e. The van der Waals surface area contributed by atoms with E-state index in [2.05, 4.69) is 26.2 Å². The molecule has 0 aliphatic rings. The number of hydrogen-bond acceptors (Lipinski definition) is 5. The van der Waals surface area contributed by atoms with Crippen molar-refractivity contribution in [2.75, 3.05) is 6.26 Å². The Morgan fingerprint density at radius 3 is 2.33 bits per heavy atom. The molecule has 0 saturated carbocycles. The number of halogens is 2. The van der Waals surface area contributed by atoms with Gasteiger partial charge in [0.25, 0.3) is 5.91 Å². The second-order valence-corrected chi connectivity index (χ2v) is 11.2. The number of rotatable bonds is 6. The lowest BCUT2D eigenvalue weighted by molar-refractivity contribution is 0.0950. The highest BCUT2D eigenvalue weighted by molar-refractivity contribution is 9.10. The zero-order valence-electron chi connectivity index (χ0n) is 17.4. The van der Waals surface area contributed by atoms with Crippen molar-refractivity contribution in [1.29, 1.82) is 0 Å². The zero-order valence-corrected chi connectivity index (χ0v) is 20.6. The predicted molar refractivity (Wildman–Crippen MR) is 131 cm³/mol. The minimum Gasteiger partial charge on any atom is -0.346 e. The van der Waals surface area contributed by atoms with Crippen molar-refractivity contribution in [3.05, 3.63) is 93.7 Å². The standard InChI is InChI=1S/C24H18BrFN2O3S2/c1-33(30,31)20-11-7-16(8-12-20)21-22(17-5-9-19(26)10-6-17)32-24(28-21)23(29)27-14-15-3-2-4-18(25)13-15/h2-13H,14H2,1H3,(H,27,29). The molecule has 0 bridgehead atoms. The topological polar surface area (TPSA) is 76.1 Å². The molecule has 1 amide bonds. The van der Waals surface area contributed by atoms with Gasteiger partial charge in [0.2, 0.25) is 0 Å². The molecule has 3 aromatic carbocycles. The monoisotopic (exact) mass is 544 g/mol. The molecule has 0 radical (unpaired) electrons. The third-order valence-electron chi connectivity index (χ3n) is 4.83. The van der Waals surface area contributed by atoms with Crippen molar-refractivity contribution < 1.29 is 17.6 Å². The maximum atomic E-state index is 13.5. The van der Waals surface area contributed by atoms with Gasteiger partial charge >= 0.3 is 0 Å². The Morgan fingerprint density at radius 1 is 1.03 bits per heavy atom. The van der Waals surface area contributed by atoms with Crippen LogP contribution in [-0.4, -0.2) is 25.6 Å². The summed E-state index contributed by atoms with van der Waals surface area (Å²) in [5.74, 6) is -0.698. The number of thiazole rings is 1. The summed E-state index contributed by atoms with van der Waals surface area (Å²) >= 11 is 4.61. The first-order valence-corrected chi connectivity index (χ1v) is 13.3. The molecule has 0 aliphatic heterocycles. The largest absolute Gasteiger partial charge is 0.346 e. The van der Waals surface area contributed by atoms with Crippen molar-refractivity contribution in [3.8, 4) is 21.7 Å². The van der Waals surface area contributed by atoms with E-state index in [-0.39, 0.29) is 21.6 Å². The lowest BCUT2D eigenvalue weighted by Gasteiger charge is -2.04. The van der Waals surface area contributed by atoms with E-state index in [1.807, 2.05) is 24.3 Å². The second-order valence-electron chi connectivity index (χ2n) is 7.31. The number of nitrogens with zero attached hydrogens (tertiary/aromatic N) is 1. The summed E-state index contributed by atoms with van der Waals surface area (Å²) in [6, 6.07) is 19.9. The fraction of sp³-hybridized carbons (Fsp3) is 0.0833. The molecule has 0 fully saturated rings. The molecule has 0 aliphatic carbocycles. The van der Waals surface area contributed by atoms with E-state index in [1.54, 1.807) is 24.3 Å². The van der Waals surface area contributed by atoms with E-state index in [0.29, 0.717) is 28.2 Å². The van der Waals surface area contributed by atoms with Crippen molar-refractivity contribution in [2.45, 2.75) is 11.4 Å². The van der Waals surface area contributed by atoms with Crippen LogP contribution in [-0.2, 0) is 16.4 Å². The lowest BCUT2D eigenvalue weighted by Crippen LogP contribution is -2.22. The Kier molecular flexibility index (Phi) is 6.73. The fourth-order valence-corrected chi connectivity index (χ4v) is 5.26. The van der Waals surface area contributed by atoms with E-state index < -0.39 is 9.84 Å². The maximum absolute atomic E-state index is 13.5. The summed E-state index contributed by atoms with van der Waals surface area (Å²) in [6.45, 7) is 0.335. The minimum absolute atomic E-state index is 0.191. The highest BCUT2D eigenvalue weighted by Crippen LogP contribution is 2.37. The summed E-state index contributed by atoms with van der Waals surface area (Å²) in [5.41, 5.74) is 2.83. The molecular weight excluding hydrogens is 527 g/mol. The summed E-state index contributed by atoms with van der Waals surface area (Å²) in [6.07, 6.45) is 1.14. The van der Waals surface area contributed by atoms with Gasteiger partial charge in [0, 0.05) is 22.8 Å². The minimum atomic E-state index is -3.34. The van der Waals surface area contributed by atoms with Crippen LogP contribution in [0.2, 0.25) is 0 Å². The molecule has 1 N–H and O–H groups in total. The predicted octanol–water partition coefficient (Wildman–Crippen LogP) is 5.71. The number of carbonyl (C=O) groups is 1. The van der Waals surface area contributed by atoms with Crippen LogP contribution in [0.1, 0.15) is 15.4 Å². The van der Waals surface area contributed by atoms with Gasteiger partial charge in [-0.3, -0.25) is 4.79 Å². The van der Waals surface area contributed by atoms with E-state index in [0.717, 1.165) is 16.3 Å². The van der Waals surface area contributed by atoms with Crippen molar-refractivity contribution >= 4 is 43.0 Å². The van der Waals surface area contributed by atoms with Crippen LogP contribution in [0, 0.1) is 5.82 Å². The molecule has 33 heavy (non-hydrogen) atoms. The number of nitrogens with one attached hydrogen (secondary N) is 1. The van der Waals surface area contributed by atoms with Gasteiger partial charge in [-0.05, 0) is 47.5 Å². The number of amides is 1. The average molecular weight is 545 g/mol. The van der Waals surface area contributed by atoms with E-state index >= 15 is 0 Å². The highest BCUT2D eigenvalue weighted by atomic mass is 79.9. The summed E-state index contributed by atoms with van der Waals surface area (Å²) in [5, 5.41) is 3.13. The smallest absolute Gasteiger partial charge is 0.280 e. The molecule has 1 heterocycles. The van der Waals surface area contributed by atoms with Crippen LogP contribution < -0.4 is 5.32 Å². The second kappa shape index (κ2) is 9.54. The molecule has 0 saturated heterocycles. The number of benzene rings is 3. The molecule has 168 valence electrons. The molecule has 0 spiro atoms. The number of hydrogen-bond donors (Lipinski definition) is 1. The van der Waals surface area contributed by atoms with Gasteiger partial charge in [0.05, 0.1) is 15.5 Å². The Morgan fingerprint density at radius 2 is 1.70 bits per heavy atom. The lowest BCUT2D eigenvalue weighted by atomic mass is 10.1. The van der Waals surface area contributed by atoms with Crippen LogP contribution >= 0.6 is 27.3 Å². The third-order valence-corrected chi connectivity index (χ3v) is 7.55. The van der Waals surface area contributed by atoms with Gasteiger partial charge in [-0.2, -0.15) is 0 Å². The van der Waals surface area contributed by atoms with Gasteiger partial charge in [-0.1, -0.05) is 52.3 Å². The first-order chi connectivity index (χ1) is 15.7. The van der Waals surface area contributed by atoms with E-state index in [4.69, 9.17) is 0 Å².